The second-order valence-electron chi connectivity index (χ2n) is 4.67. The molecule has 0 bridgehead atoms. The van der Waals surface area contributed by atoms with Crippen molar-refractivity contribution in [2.45, 2.75) is 0 Å². The van der Waals surface area contributed by atoms with E-state index in [0.29, 0.717) is 0 Å². The molecule has 0 fully saturated rings. The van der Waals surface area contributed by atoms with Gasteiger partial charge in [0.15, 0.2) is 0 Å². The number of rotatable bonds is 3. The maximum atomic E-state index is 7.50. The van der Waals surface area contributed by atoms with Crippen LogP contribution in [0.2, 0.25) is 0 Å². The van der Waals surface area contributed by atoms with Crippen molar-refractivity contribution in [3.05, 3.63) is 124 Å². The van der Waals surface area contributed by atoms with Crippen LogP contribution in [0.25, 0.3) is 0 Å². The zero-order chi connectivity index (χ0) is 22.9. The van der Waals surface area contributed by atoms with Crippen molar-refractivity contribution >= 4 is 27.7 Å². The van der Waals surface area contributed by atoms with Gasteiger partial charge < -0.3 is 0 Å². The SMILES string of the molecule is [C-]#[O+].[C-]#[O+].[C-]#[O+].[C-]#[O+].[C-]#[O+].[Mo].c1ccc([AsH2](c2ccccc2)c2ccccc2)cc1. The fourth-order valence-corrected chi connectivity index (χ4v) is 8.76. The molecule has 0 radical (unpaired) electrons. The summed E-state index contributed by atoms with van der Waals surface area (Å²) < 4.78 is 42.1. The van der Waals surface area contributed by atoms with Crippen LogP contribution in [0.3, 0.4) is 0 Å². The topological polar surface area (TPSA) is 99.5 Å². The number of hydrogen-bond donors (Lipinski definition) is 0. The molecule has 5 nitrogen and oxygen atoms in total. The molecule has 0 aliphatic rings. The van der Waals surface area contributed by atoms with Gasteiger partial charge in [-0.1, -0.05) is 0 Å². The van der Waals surface area contributed by atoms with E-state index in [2.05, 4.69) is 124 Å². The zero-order valence-electron chi connectivity index (χ0n) is 15.7. The molecule has 0 aromatic heterocycles. The monoisotopic (exact) mass is 546 g/mol. The van der Waals surface area contributed by atoms with Crippen molar-refractivity contribution in [1.82, 2.24) is 0 Å². The first kappa shape index (κ1) is 35.1. The van der Waals surface area contributed by atoms with Crippen LogP contribution in [-0.4, -0.2) is 14.7 Å². The molecule has 150 valence electrons. The van der Waals surface area contributed by atoms with E-state index >= 15 is 0 Å². The Morgan fingerprint density at radius 3 is 0.700 bits per heavy atom. The van der Waals surface area contributed by atoms with Crippen molar-refractivity contribution in [1.29, 1.82) is 0 Å². The summed E-state index contributed by atoms with van der Waals surface area (Å²) in [7, 11) is 0. The number of benzene rings is 3. The minimum atomic E-state index is -1.87. The number of hydrogen-bond acceptors (Lipinski definition) is 0. The molecule has 0 aliphatic carbocycles. The first-order chi connectivity index (χ1) is 14.4. The van der Waals surface area contributed by atoms with Gasteiger partial charge >= 0.3 is 175 Å². The average molecular weight is 544 g/mol. The van der Waals surface area contributed by atoms with Crippen LogP contribution in [0.5, 0.6) is 0 Å². The van der Waals surface area contributed by atoms with Crippen LogP contribution in [-0.2, 0) is 44.3 Å². The predicted octanol–water partition coefficient (Wildman–Crippen LogP) is 1.48. The third kappa shape index (κ3) is 13.7. The fraction of sp³-hybridized carbons (Fsp3) is 0. The van der Waals surface area contributed by atoms with Crippen molar-refractivity contribution in [3.8, 4) is 0 Å². The summed E-state index contributed by atoms with van der Waals surface area (Å²) in [6, 6.07) is 32.9. The Balaban J connectivity index is -0.000000271. The molecule has 3 rings (SSSR count). The zero-order valence-corrected chi connectivity index (χ0v) is 20.1. The van der Waals surface area contributed by atoms with Crippen LogP contribution in [0.1, 0.15) is 0 Å². The summed E-state index contributed by atoms with van der Waals surface area (Å²) >= 11 is -1.87. The van der Waals surface area contributed by atoms with Gasteiger partial charge in [-0.2, -0.15) is 0 Å². The van der Waals surface area contributed by atoms with E-state index in [1.807, 2.05) is 0 Å². The molecular formula is C23H17AsMoO5. The van der Waals surface area contributed by atoms with Gasteiger partial charge in [0.1, 0.15) is 0 Å². The van der Waals surface area contributed by atoms with Crippen molar-refractivity contribution in [2.75, 3.05) is 0 Å². The quantitative estimate of drug-likeness (QED) is 0.271. The van der Waals surface area contributed by atoms with Gasteiger partial charge in [0, 0.05) is 21.1 Å². The Hall–Kier alpha value is -2.39. The van der Waals surface area contributed by atoms with Crippen LogP contribution >= 0.6 is 0 Å². The van der Waals surface area contributed by atoms with E-state index in [1.54, 1.807) is 0 Å². The van der Waals surface area contributed by atoms with Crippen molar-refractivity contribution in [3.63, 3.8) is 0 Å². The Morgan fingerprint density at radius 1 is 0.367 bits per heavy atom. The van der Waals surface area contributed by atoms with E-state index in [0.717, 1.165) is 0 Å². The second-order valence-corrected chi connectivity index (χ2v) is 10.7. The third-order valence-electron chi connectivity index (χ3n) is 3.40. The molecule has 0 saturated carbocycles. The summed E-state index contributed by atoms with van der Waals surface area (Å²) in [6.07, 6.45) is 0. The van der Waals surface area contributed by atoms with Gasteiger partial charge in [0.05, 0.1) is 0 Å². The Labute approximate surface area is 195 Å². The van der Waals surface area contributed by atoms with Crippen LogP contribution in [0, 0.1) is 33.3 Å². The molecule has 7 heteroatoms. The molecule has 3 aromatic rings. The molecule has 3 aromatic carbocycles. The summed E-state index contributed by atoms with van der Waals surface area (Å²) in [5.74, 6) is 0. The van der Waals surface area contributed by atoms with Gasteiger partial charge in [-0.25, -0.2) is 0 Å². The molecule has 30 heavy (non-hydrogen) atoms. The Kier molecular flexibility index (Phi) is 33.7. The van der Waals surface area contributed by atoms with Gasteiger partial charge in [-0.15, -0.1) is 0 Å². The molecule has 0 unspecified atom stereocenters. The van der Waals surface area contributed by atoms with Gasteiger partial charge in [-0.3, -0.25) is 0 Å². The summed E-state index contributed by atoms with van der Waals surface area (Å²) in [6.45, 7) is 22.5. The normalized spacial score (nSPS) is 7.33. The second kappa shape index (κ2) is 28.8. The summed E-state index contributed by atoms with van der Waals surface area (Å²) in [4.78, 5) is 0. The van der Waals surface area contributed by atoms with Crippen LogP contribution in [0.15, 0.2) is 91.0 Å². The van der Waals surface area contributed by atoms with Crippen LogP contribution < -0.4 is 13.1 Å². The third-order valence-corrected chi connectivity index (χ3v) is 10.0. The van der Waals surface area contributed by atoms with Crippen LogP contribution in [0.4, 0.5) is 0 Å². The average Bonchev–Trinajstić information content (AvgIpc) is 2.88. The molecule has 0 aliphatic heterocycles. The van der Waals surface area contributed by atoms with E-state index < -0.39 is 14.7 Å². The molecule has 0 N–H and O–H groups in total. The van der Waals surface area contributed by atoms with E-state index in [4.69, 9.17) is 23.3 Å². The molecule has 0 atom stereocenters. The first-order valence-corrected chi connectivity index (χ1v) is 11.3. The van der Waals surface area contributed by atoms with E-state index in [9.17, 15) is 0 Å². The van der Waals surface area contributed by atoms with Gasteiger partial charge in [0.25, 0.3) is 0 Å². The van der Waals surface area contributed by atoms with Crippen molar-refractivity contribution < 1.29 is 44.3 Å². The standard InChI is InChI=1S/C18H17As.5CO.Mo/c1-4-10-16(11-5-1)19(17-12-6-2-7-13-17)18-14-8-3-9-15-18;5*1-2;/h1-15H,19H2;;;;;;. The molecule has 0 heterocycles. The fourth-order valence-electron chi connectivity index (χ4n) is 2.51. The molecular weight excluding hydrogens is 527 g/mol. The molecule has 0 amide bonds. The van der Waals surface area contributed by atoms with Gasteiger partial charge in [0.2, 0.25) is 0 Å². The summed E-state index contributed by atoms with van der Waals surface area (Å²) in [5.41, 5.74) is 0. The Bertz CT molecular complexity index is 716. The predicted molar refractivity (Wildman–Crippen MR) is 106 cm³/mol. The van der Waals surface area contributed by atoms with Crippen molar-refractivity contribution in [2.24, 2.45) is 0 Å². The molecule has 0 saturated heterocycles. The molecule has 0 spiro atoms. The van der Waals surface area contributed by atoms with E-state index in [1.165, 1.54) is 13.1 Å². The Morgan fingerprint density at radius 2 is 0.533 bits per heavy atom. The van der Waals surface area contributed by atoms with Gasteiger partial charge in [-0.05, 0) is 0 Å². The summed E-state index contributed by atoms with van der Waals surface area (Å²) in [5, 5.41) is 0. The maximum absolute atomic E-state index is 7.50. The first-order valence-electron chi connectivity index (χ1n) is 7.62. The minimum absolute atomic E-state index is 0. The van der Waals surface area contributed by atoms with E-state index in [-0.39, 0.29) is 21.1 Å².